The lowest BCUT2D eigenvalue weighted by molar-refractivity contribution is 0.933. The van der Waals surface area contributed by atoms with Gasteiger partial charge in [-0.3, -0.25) is 0 Å². The van der Waals surface area contributed by atoms with Crippen molar-refractivity contribution in [2.24, 2.45) is 5.73 Å². The van der Waals surface area contributed by atoms with Crippen LogP contribution in [-0.4, -0.2) is 21.1 Å². The van der Waals surface area contributed by atoms with Crippen molar-refractivity contribution in [3.63, 3.8) is 0 Å². The Bertz CT molecular complexity index is 397. The maximum Gasteiger partial charge on any atom is 0.155 e. The Hall–Kier alpha value is -1.68. The maximum absolute atomic E-state index is 5.33. The molecule has 4 heteroatoms. The molecule has 2 aromatic rings. The fourth-order valence-electron chi connectivity index (χ4n) is 1.12. The van der Waals surface area contributed by atoms with Crippen molar-refractivity contribution in [3.8, 4) is 0 Å². The third kappa shape index (κ3) is 1.57. The van der Waals surface area contributed by atoms with Gasteiger partial charge in [-0.15, -0.1) is 0 Å². The number of aromatic nitrogens is 3. The molecule has 2 heterocycles. The van der Waals surface area contributed by atoms with Crippen LogP contribution in [0.5, 0.6) is 0 Å². The Morgan fingerprint density at radius 3 is 3.23 bits per heavy atom. The normalized spacial score (nSPS) is 11.5. The van der Waals surface area contributed by atoms with Crippen molar-refractivity contribution in [3.05, 3.63) is 36.3 Å². The Morgan fingerprint density at radius 1 is 1.54 bits per heavy atom. The summed E-state index contributed by atoms with van der Waals surface area (Å²) in [4.78, 5) is 4.15. The van der Waals surface area contributed by atoms with E-state index in [-0.39, 0.29) is 0 Å². The molecule has 0 fully saturated rings. The molecule has 66 valence electrons. The van der Waals surface area contributed by atoms with Crippen LogP contribution in [0.1, 0.15) is 5.69 Å². The monoisotopic (exact) mass is 174 g/mol. The highest BCUT2D eigenvalue weighted by Crippen LogP contribution is 2.03. The molecule has 2 rings (SSSR count). The van der Waals surface area contributed by atoms with Crippen LogP contribution in [0.25, 0.3) is 11.7 Å². The average molecular weight is 174 g/mol. The molecule has 0 spiro atoms. The summed E-state index contributed by atoms with van der Waals surface area (Å²) in [6.07, 6.45) is 7.35. The van der Waals surface area contributed by atoms with E-state index in [1.54, 1.807) is 10.7 Å². The summed E-state index contributed by atoms with van der Waals surface area (Å²) < 4.78 is 1.73. The molecule has 0 amide bonds. The van der Waals surface area contributed by atoms with Gasteiger partial charge in [0.2, 0.25) is 0 Å². The molecule has 0 aromatic carbocycles. The number of hydrogen-bond acceptors (Lipinski definition) is 3. The number of nitrogens with two attached hydrogens (primary N) is 1. The molecule has 0 aliphatic heterocycles. The van der Waals surface area contributed by atoms with Gasteiger partial charge in [-0.05, 0) is 12.1 Å². The van der Waals surface area contributed by atoms with Crippen LogP contribution in [-0.2, 0) is 0 Å². The maximum atomic E-state index is 5.33. The Balaban J connectivity index is 2.44. The van der Waals surface area contributed by atoms with Crippen molar-refractivity contribution < 1.29 is 0 Å². The molecule has 4 nitrogen and oxygen atoms in total. The van der Waals surface area contributed by atoms with Crippen LogP contribution in [0.2, 0.25) is 0 Å². The summed E-state index contributed by atoms with van der Waals surface area (Å²) in [5, 5.41) is 4.26. The predicted octanol–water partition coefficient (Wildman–Crippen LogP) is 0.701. The van der Waals surface area contributed by atoms with Gasteiger partial charge in [-0.25, -0.2) is 9.50 Å². The van der Waals surface area contributed by atoms with Crippen molar-refractivity contribution >= 4 is 11.7 Å². The van der Waals surface area contributed by atoms with Crippen LogP contribution in [0, 0.1) is 0 Å². The zero-order valence-corrected chi connectivity index (χ0v) is 7.09. The second-order valence-corrected chi connectivity index (χ2v) is 2.63. The van der Waals surface area contributed by atoms with E-state index in [0.717, 1.165) is 11.3 Å². The van der Waals surface area contributed by atoms with E-state index >= 15 is 0 Å². The van der Waals surface area contributed by atoms with Crippen molar-refractivity contribution in [1.82, 2.24) is 14.6 Å². The summed E-state index contributed by atoms with van der Waals surface area (Å²) in [6.45, 7) is 0.529. The third-order valence-electron chi connectivity index (χ3n) is 1.68. The van der Waals surface area contributed by atoms with Crippen LogP contribution >= 0.6 is 0 Å². The molecule has 0 radical (unpaired) electrons. The van der Waals surface area contributed by atoms with Crippen LogP contribution in [0.3, 0.4) is 0 Å². The van der Waals surface area contributed by atoms with E-state index in [4.69, 9.17) is 5.73 Å². The van der Waals surface area contributed by atoms with Crippen LogP contribution in [0.4, 0.5) is 0 Å². The molecule has 0 atom stereocenters. The predicted molar refractivity (Wildman–Crippen MR) is 51.1 cm³/mol. The highest BCUT2D eigenvalue weighted by molar-refractivity contribution is 5.52. The third-order valence-corrected chi connectivity index (χ3v) is 1.68. The van der Waals surface area contributed by atoms with Gasteiger partial charge in [0.15, 0.2) is 5.65 Å². The molecule has 0 saturated carbocycles. The Morgan fingerprint density at radius 2 is 2.46 bits per heavy atom. The van der Waals surface area contributed by atoms with Crippen molar-refractivity contribution in [2.75, 3.05) is 6.54 Å². The first kappa shape index (κ1) is 7.94. The van der Waals surface area contributed by atoms with Gasteiger partial charge in [0, 0.05) is 25.0 Å². The first-order valence-electron chi connectivity index (χ1n) is 4.07. The number of fused-ring (bicyclic) bond motifs is 1. The second-order valence-electron chi connectivity index (χ2n) is 2.63. The molecular weight excluding hydrogens is 164 g/mol. The van der Waals surface area contributed by atoms with Crippen LogP contribution < -0.4 is 5.73 Å². The quantitative estimate of drug-likeness (QED) is 0.729. The molecule has 0 unspecified atom stereocenters. The van der Waals surface area contributed by atoms with Crippen LogP contribution in [0.15, 0.2) is 30.6 Å². The lowest BCUT2D eigenvalue weighted by Gasteiger charge is -1.86. The van der Waals surface area contributed by atoms with E-state index in [0.29, 0.717) is 6.54 Å². The van der Waals surface area contributed by atoms with Gasteiger partial charge in [-0.1, -0.05) is 6.08 Å². The van der Waals surface area contributed by atoms with Gasteiger partial charge >= 0.3 is 0 Å². The first-order chi connectivity index (χ1) is 6.40. The summed E-state index contributed by atoms with van der Waals surface area (Å²) in [6, 6.07) is 3.75. The molecule has 0 aliphatic carbocycles. The number of rotatable bonds is 2. The minimum absolute atomic E-state index is 0.529. The summed E-state index contributed by atoms with van der Waals surface area (Å²) in [7, 11) is 0. The van der Waals surface area contributed by atoms with E-state index in [1.165, 1.54) is 0 Å². The highest BCUT2D eigenvalue weighted by Gasteiger charge is 1.96. The Labute approximate surface area is 75.7 Å². The zero-order valence-electron chi connectivity index (χ0n) is 7.09. The largest absolute Gasteiger partial charge is 0.327 e. The number of nitrogens with zero attached hydrogens (tertiary/aromatic N) is 3. The van der Waals surface area contributed by atoms with Gasteiger partial charge in [0.1, 0.15) is 0 Å². The molecule has 0 aliphatic rings. The van der Waals surface area contributed by atoms with E-state index in [1.807, 2.05) is 30.5 Å². The summed E-state index contributed by atoms with van der Waals surface area (Å²) in [5.74, 6) is 0. The molecule has 0 saturated heterocycles. The first-order valence-corrected chi connectivity index (χ1v) is 4.07. The second kappa shape index (κ2) is 3.37. The summed E-state index contributed by atoms with van der Waals surface area (Å²) >= 11 is 0. The molecule has 13 heavy (non-hydrogen) atoms. The fraction of sp³-hybridized carbons (Fsp3) is 0.111. The molecule has 2 N–H and O–H groups in total. The lowest BCUT2D eigenvalue weighted by Crippen LogP contribution is -1.92. The zero-order chi connectivity index (χ0) is 9.10. The van der Waals surface area contributed by atoms with E-state index in [2.05, 4.69) is 10.1 Å². The minimum atomic E-state index is 0.529. The van der Waals surface area contributed by atoms with Crippen molar-refractivity contribution in [2.45, 2.75) is 0 Å². The van der Waals surface area contributed by atoms with Crippen molar-refractivity contribution in [1.29, 1.82) is 0 Å². The lowest BCUT2D eigenvalue weighted by atomic mass is 10.4. The highest BCUT2D eigenvalue weighted by atomic mass is 15.2. The van der Waals surface area contributed by atoms with Gasteiger partial charge < -0.3 is 5.73 Å². The van der Waals surface area contributed by atoms with Gasteiger partial charge in [-0.2, -0.15) is 5.10 Å². The smallest absolute Gasteiger partial charge is 0.155 e. The van der Waals surface area contributed by atoms with Gasteiger partial charge in [0.25, 0.3) is 0 Å². The minimum Gasteiger partial charge on any atom is -0.327 e. The topological polar surface area (TPSA) is 56.2 Å². The number of hydrogen-bond donors (Lipinski definition) is 1. The van der Waals surface area contributed by atoms with E-state index < -0.39 is 0 Å². The molecular formula is C9H10N4. The van der Waals surface area contributed by atoms with Gasteiger partial charge in [0.05, 0.1) is 5.69 Å². The summed E-state index contributed by atoms with van der Waals surface area (Å²) in [5.41, 5.74) is 7.06. The van der Waals surface area contributed by atoms with E-state index in [9.17, 15) is 0 Å². The SMILES string of the molecule is NC/C=C/c1cc2ncccn2n1. The standard InChI is InChI=1S/C9H10N4/c10-4-1-3-8-7-9-11-5-2-6-13(9)12-8/h1-3,5-7H,4,10H2/b3-1+. The Kier molecular flexibility index (Phi) is 2.06. The fourth-order valence-corrected chi connectivity index (χ4v) is 1.12. The molecule has 0 bridgehead atoms. The average Bonchev–Trinajstić information content (AvgIpc) is 2.57. The molecule has 2 aromatic heterocycles.